The van der Waals surface area contributed by atoms with Crippen molar-refractivity contribution in [1.82, 2.24) is 5.32 Å². The highest BCUT2D eigenvalue weighted by molar-refractivity contribution is 5.99. The minimum Gasteiger partial charge on any atom is -0.385 e. The standard InChI is InChI=1S/C11H15N3/c1-2-12-10-5-3-9(4-6-10)11-13-7-8-14-11/h3-6,12H,2,7-8H2,1H3,(H,13,14). The van der Waals surface area contributed by atoms with Gasteiger partial charge in [-0.15, -0.1) is 0 Å². The van der Waals surface area contributed by atoms with Crippen LogP contribution in [-0.2, 0) is 0 Å². The maximum Gasteiger partial charge on any atom is 0.128 e. The highest BCUT2D eigenvalue weighted by Gasteiger charge is 2.06. The van der Waals surface area contributed by atoms with E-state index in [9.17, 15) is 0 Å². The highest BCUT2D eigenvalue weighted by Crippen LogP contribution is 2.10. The summed E-state index contributed by atoms with van der Waals surface area (Å²) >= 11 is 0. The molecule has 1 aromatic carbocycles. The average molecular weight is 189 g/mol. The van der Waals surface area contributed by atoms with E-state index >= 15 is 0 Å². The number of hydrogen-bond donors (Lipinski definition) is 2. The first-order valence-corrected chi connectivity index (χ1v) is 5.03. The zero-order valence-corrected chi connectivity index (χ0v) is 8.38. The van der Waals surface area contributed by atoms with Crippen molar-refractivity contribution in [2.45, 2.75) is 6.92 Å². The van der Waals surface area contributed by atoms with Crippen molar-refractivity contribution in [3.63, 3.8) is 0 Å². The fourth-order valence-corrected chi connectivity index (χ4v) is 1.54. The average Bonchev–Trinajstić information content (AvgIpc) is 2.72. The molecule has 0 unspecified atom stereocenters. The molecule has 3 heteroatoms. The summed E-state index contributed by atoms with van der Waals surface area (Å²) in [6.45, 7) is 4.91. The van der Waals surface area contributed by atoms with Crippen molar-refractivity contribution >= 4 is 11.5 Å². The van der Waals surface area contributed by atoms with Crippen molar-refractivity contribution in [3.05, 3.63) is 29.8 Å². The Hall–Kier alpha value is -1.51. The second kappa shape index (κ2) is 4.13. The Bertz CT molecular complexity index is 327. The normalized spacial score (nSPS) is 14.8. The Morgan fingerprint density at radius 2 is 2.14 bits per heavy atom. The first kappa shape index (κ1) is 9.06. The Morgan fingerprint density at radius 3 is 2.71 bits per heavy atom. The van der Waals surface area contributed by atoms with Crippen LogP contribution >= 0.6 is 0 Å². The third-order valence-electron chi connectivity index (χ3n) is 2.21. The van der Waals surface area contributed by atoms with Gasteiger partial charge in [0.05, 0.1) is 6.54 Å². The van der Waals surface area contributed by atoms with Crippen molar-refractivity contribution < 1.29 is 0 Å². The molecule has 1 aliphatic heterocycles. The molecule has 0 radical (unpaired) electrons. The molecule has 1 aromatic rings. The molecule has 0 saturated carbocycles. The molecule has 0 spiro atoms. The van der Waals surface area contributed by atoms with Gasteiger partial charge in [-0.3, -0.25) is 4.99 Å². The predicted octanol–water partition coefficient (Wildman–Crippen LogP) is 1.47. The molecule has 2 N–H and O–H groups in total. The molecule has 0 aliphatic carbocycles. The molecule has 14 heavy (non-hydrogen) atoms. The van der Waals surface area contributed by atoms with Crippen LogP contribution in [0.15, 0.2) is 29.3 Å². The number of nitrogens with zero attached hydrogens (tertiary/aromatic N) is 1. The summed E-state index contributed by atoms with van der Waals surface area (Å²) in [4.78, 5) is 4.37. The molecule has 0 fully saturated rings. The van der Waals surface area contributed by atoms with Gasteiger partial charge in [-0.25, -0.2) is 0 Å². The number of rotatable bonds is 3. The van der Waals surface area contributed by atoms with E-state index in [1.165, 1.54) is 5.56 Å². The van der Waals surface area contributed by atoms with E-state index in [2.05, 4.69) is 46.8 Å². The Balaban J connectivity index is 2.13. The summed E-state index contributed by atoms with van der Waals surface area (Å²) in [5.41, 5.74) is 2.33. The van der Waals surface area contributed by atoms with Gasteiger partial charge < -0.3 is 10.6 Å². The van der Waals surface area contributed by atoms with Gasteiger partial charge in [-0.05, 0) is 31.2 Å². The maximum atomic E-state index is 4.37. The second-order valence-electron chi connectivity index (χ2n) is 3.26. The van der Waals surface area contributed by atoms with E-state index in [4.69, 9.17) is 0 Å². The molecule has 0 amide bonds. The Labute approximate surface area is 84.2 Å². The summed E-state index contributed by atoms with van der Waals surface area (Å²) in [5, 5.41) is 6.52. The first-order valence-electron chi connectivity index (χ1n) is 5.03. The van der Waals surface area contributed by atoms with Crippen LogP contribution in [0.2, 0.25) is 0 Å². The van der Waals surface area contributed by atoms with Gasteiger partial charge in [0, 0.05) is 24.3 Å². The monoisotopic (exact) mass is 189 g/mol. The molecule has 74 valence electrons. The molecule has 0 atom stereocenters. The zero-order chi connectivity index (χ0) is 9.80. The van der Waals surface area contributed by atoms with Crippen LogP contribution in [-0.4, -0.2) is 25.5 Å². The van der Waals surface area contributed by atoms with Crippen molar-refractivity contribution in [1.29, 1.82) is 0 Å². The Kier molecular flexibility index (Phi) is 2.68. The number of amidine groups is 1. The van der Waals surface area contributed by atoms with Gasteiger partial charge in [0.15, 0.2) is 0 Å². The van der Waals surface area contributed by atoms with E-state index < -0.39 is 0 Å². The fraction of sp³-hybridized carbons (Fsp3) is 0.364. The number of nitrogens with one attached hydrogen (secondary N) is 2. The van der Waals surface area contributed by atoms with Crippen LogP contribution in [0, 0.1) is 0 Å². The zero-order valence-electron chi connectivity index (χ0n) is 8.38. The largest absolute Gasteiger partial charge is 0.385 e. The minimum atomic E-state index is 0.893. The minimum absolute atomic E-state index is 0.893. The van der Waals surface area contributed by atoms with Gasteiger partial charge in [-0.1, -0.05) is 0 Å². The molecular formula is C11H15N3. The molecule has 1 heterocycles. The topological polar surface area (TPSA) is 36.4 Å². The first-order chi connectivity index (χ1) is 6.90. The van der Waals surface area contributed by atoms with Gasteiger partial charge in [0.1, 0.15) is 5.84 Å². The van der Waals surface area contributed by atoms with Crippen LogP contribution in [0.3, 0.4) is 0 Å². The van der Waals surface area contributed by atoms with Crippen LogP contribution in [0.4, 0.5) is 5.69 Å². The molecule has 0 aromatic heterocycles. The number of hydrogen-bond acceptors (Lipinski definition) is 3. The van der Waals surface area contributed by atoms with Gasteiger partial charge in [-0.2, -0.15) is 0 Å². The summed E-state index contributed by atoms with van der Waals surface area (Å²) in [7, 11) is 0. The maximum absolute atomic E-state index is 4.37. The second-order valence-corrected chi connectivity index (χ2v) is 3.26. The number of anilines is 1. The molecule has 0 bridgehead atoms. The molecule has 3 nitrogen and oxygen atoms in total. The lowest BCUT2D eigenvalue weighted by Gasteiger charge is -2.05. The third kappa shape index (κ3) is 1.87. The third-order valence-corrected chi connectivity index (χ3v) is 2.21. The van der Waals surface area contributed by atoms with Crippen molar-refractivity contribution in [2.24, 2.45) is 4.99 Å². The summed E-state index contributed by atoms with van der Waals surface area (Å²) in [6.07, 6.45) is 0. The van der Waals surface area contributed by atoms with E-state index in [-0.39, 0.29) is 0 Å². The number of benzene rings is 1. The van der Waals surface area contributed by atoms with E-state index in [0.29, 0.717) is 0 Å². The smallest absolute Gasteiger partial charge is 0.128 e. The summed E-state index contributed by atoms with van der Waals surface area (Å²) < 4.78 is 0. The Morgan fingerprint density at radius 1 is 1.36 bits per heavy atom. The fourth-order valence-electron chi connectivity index (χ4n) is 1.54. The predicted molar refractivity (Wildman–Crippen MR) is 60.0 cm³/mol. The van der Waals surface area contributed by atoms with Crippen molar-refractivity contribution in [3.8, 4) is 0 Å². The lowest BCUT2D eigenvalue weighted by molar-refractivity contribution is 0.960. The lowest BCUT2D eigenvalue weighted by atomic mass is 10.2. The number of aliphatic imine (C=N–C) groups is 1. The highest BCUT2D eigenvalue weighted by atomic mass is 15.1. The van der Waals surface area contributed by atoms with Gasteiger partial charge in [0.25, 0.3) is 0 Å². The van der Waals surface area contributed by atoms with Gasteiger partial charge in [0.2, 0.25) is 0 Å². The van der Waals surface area contributed by atoms with E-state index in [1.807, 2.05) is 0 Å². The quantitative estimate of drug-likeness (QED) is 0.755. The SMILES string of the molecule is CCNc1ccc(C2=NCCN2)cc1. The van der Waals surface area contributed by atoms with Crippen molar-refractivity contribution in [2.75, 3.05) is 25.0 Å². The van der Waals surface area contributed by atoms with Crippen LogP contribution in [0.25, 0.3) is 0 Å². The molecular weight excluding hydrogens is 174 g/mol. The van der Waals surface area contributed by atoms with Crippen LogP contribution in [0.5, 0.6) is 0 Å². The molecule has 0 saturated heterocycles. The summed E-state index contributed by atoms with van der Waals surface area (Å²) in [5.74, 6) is 1.02. The van der Waals surface area contributed by atoms with E-state index in [0.717, 1.165) is 31.2 Å². The summed E-state index contributed by atoms with van der Waals surface area (Å²) in [6, 6.07) is 8.35. The van der Waals surface area contributed by atoms with Gasteiger partial charge >= 0.3 is 0 Å². The van der Waals surface area contributed by atoms with Crippen LogP contribution < -0.4 is 10.6 Å². The molecule has 2 rings (SSSR count). The lowest BCUT2D eigenvalue weighted by Crippen LogP contribution is -2.19. The van der Waals surface area contributed by atoms with E-state index in [1.54, 1.807) is 0 Å². The molecule has 1 aliphatic rings. The van der Waals surface area contributed by atoms with Crippen LogP contribution in [0.1, 0.15) is 12.5 Å².